The van der Waals surface area contributed by atoms with E-state index < -0.39 is 27.7 Å². The molecule has 0 radical (unpaired) electrons. The van der Waals surface area contributed by atoms with E-state index in [0.717, 1.165) is 0 Å². The summed E-state index contributed by atoms with van der Waals surface area (Å²) in [6.45, 7) is 0. The molecule has 90 valence electrons. The normalized spacial score (nSPS) is 15.0. The van der Waals surface area contributed by atoms with Crippen LogP contribution in [0.25, 0.3) is 0 Å². The number of hydrogen-bond acceptors (Lipinski definition) is 4. The van der Waals surface area contributed by atoms with Gasteiger partial charge in [0.2, 0.25) is 0 Å². The Morgan fingerprint density at radius 1 is 1.07 bits per heavy atom. The molecular weight excluding hydrogens is 258 g/mol. The van der Waals surface area contributed by atoms with E-state index in [4.69, 9.17) is 15.3 Å². The average Bonchev–Trinajstić information content (AvgIpc) is 2.03. The lowest BCUT2D eigenvalue weighted by atomic mass is 10.4. The first-order chi connectivity index (χ1) is 6.40. The van der Waals surface area contributed by atoms with Crippen molar-refractivity contribution in [3.05, 3.63) is 0 Å². The summed E-state index contributed by atoms with van der Waals surface area (Å²) in [5.74, 6) is 0. The molecule has 0 saturated heterocycles. The van der Waals surface area contributed by atoms with Gasteiger partial charge in [0.05, 0.1) is 0 Å². The van der Waals surface area contributed by atoms with Gasteiger partial charge in [0.15, 0.2) is 0 Å². The molecule has 0 aromatic carbocycles. The van der Waals surface area contributed by atoms with E-state index in [9.17, 15) is 34.8 Å². The Morgan fingerprint density at radius 3 is 1.40 bits per heavy atom. The maximum Gasteiger partial charge on any atom is 0.426 e. The smallest absolute Gasteiger partial charge is 0.281 e. The topological polar surface area (TPSA) is 102 Å². The van der Waals surface area contributed by atoms with Crippen molar-refractivity contribution in [3.63, 3.8) is 0 Å². The third-order valence-electron chi connectivity index (χ3n) is 0.926. The molecule has 0 saturated carbocycles. The third-order valence-corrected chi connectivity index (χ3v) is 1.82. The van der Waals surface area contributed by atoms with Crippen LogP contribution in [0.1, 0.15) is 0 Å². The molecule has 0 aliphatic rings. The van der Waals surface area contributed by atoms with Crippen LogP contribution < -0.4 is 0 Å². The first-order valence-electron chi connectivity index (χ1n) is 2.66. The zero-order chi connectivity index (χ0) is 13.1. The van der Waals surface area contributed by atoms with Crippen molar-refractivity contribution in [2.24, 2.45) is 0 Å². The summed E-state index contributed by atoms with van der Waals surface area (Å²) < 4.78 is 96.1. The molecule has 0 bridgehead atoms. The molecule has 0 spiro atoms. The Kier molecular flexibility index (Phi) is 5.03. The highest BCUT2D eigenvalue weighted by Gasteiger charge is 2.64. The first-order valence-corrected chi connectivity index (χ1v) is 4.10. The fraction of sp³-hybridized carbons (Fsp3) is 1.00. The van der Waals surface area contributed by atoms with Crippen LogP contribution in [-0.2, 0) is 10.1 Å². The van der Waals surface area contributed by atoms with Gasteiger partial charge in [0.25, 0.3) is 6.17 Å². The predicted octanol–water partition coefficient (Wildman–Crippen LogP) is 1.40. The summed E-state index contributed by atoms with van der Waals surface area (Å²) in [7, 11) is -6.41. The molecular formula is C3H2F6N2O3S. The second kappa shape index (κ2) is 4.62. The Balaban J connectivity index is 0. The predicted molar refractivity (Wildman–Crippen MR) is 30.9 cm³/mol. The first kappa shape index (κ1) is 16.3. The Hall–Kier alpha value is -1.09. The number of nitrogens with zero attached hydrogens (tertiary/aromatic N) is 2. The van der Waals surface area contributed by atoms with E-state index in [0.29, 0.717) is 0 Å². The van der Waals surface area contributed by atoms with Gasteiger partial charge in [-0.3, -0.25) is 4.55 Å². The highest BCUT2D eigenvalue weighted by atomic mass is 32.2. The minimum Gasteiger partial charge on any atom is -0.281 e. The fourth-order valence-corrected chi connectivity index (χ4v) is 0.716. The molecule has 0 aromatic rings. The molecule has 0 heterocycles. The zero-order valence-corrected chi connectivity index (χ0v) is 7.23. The van der Waals surface area contributed by atoms with Crippen molar-refractivity contribution in [3.8, 4) is 0 Å². The van der Waals surface area contributed by atoms with Crippen LogP contribution in [0.15, 0.2) is 0 Å². The molecule has 0 rings (SSSR count). The van der Waals surface area contributed by atoms with E-state index in [2.05, 4.69) is 0 Å². The van der Waals surface area contributed by atoms with Crippen LogP contribution >= 0.6 is 0 Å². The van der Waals surface area contributed by atoms with Gasteiger partial charge in [0, 0.05) is 10.8 Å². The van der Waals surface area contributed by atoms with Gasteiger partial charge >= 0.3 is 21.5 Å². The second-order valence-electron chi connectivity index (χ2n) is 1.94. The maximum absolute atomic E-state index is 11.9. The second-order valence-corrected chi connectivity index (χ2v) is 3.44. The molecule has 5 nitrogen and oxygen atoms in total. The van der Waals surface area contributed by atoms with Crippen LogP contribution in [0.5, 0.6) is 0 Å². The van der Waals surface area contributed by atoms with Crippen molar-refractivity contribution in [2.75, 3.05) is 0 Å². The largest absolute Gasteiger partial charge is 0.426 e. The maximum atomic E-state index is 11.9. The van der Waals surface area contributed by atoms with E-state index in [1.165, 1.54) is 0 Å². The van der Waals surface area contributed by atoms with Gasteiger partial charge in [-0.1, -0.05) is 0 Å². The third kappa shape index (κ3) is 3.88. The van der Waals surface area contributed by atoms with E-state index in [1.54, 1.807) is 0 Å². The Morgan fingerprint density at radius 2 is 1.33 bits per heavy atom. The van der Waals surface area contributed by atoms with Gasteiger partial charge in [-0.15, -0.1) is 0 Å². The van der Waals surface area contributed by atoms with E-state index >= 15 is 0 Å². The summed E-state index contributed by atoms with van der Waals surface area (Å²) in [4.78, 5) is 0. The summed E-state index contributed by atoms with van der Waals surface area (Å²) in [6, 6.07) is 0. The molecule has 1 atom stereocenters. The highest BCUT2D eigenvalue weighted by Crippen LogP contribution is 2.37. The molecule has 0 aliphatic carbocycles. The van der Waals surface area contributed by atoms with Crippen molar-refractivity contribution in [1.29, 1.82) is 10.8 Å². The Labute approximate surface area is 78.8 Å². The van der Waals surface area contributed by atoms with Gasteiger partial charge in [-0.05, 0) is 0 Å². The van der Waals surface area contributed by atoms with Gasteiger partial charge < -0.3 is 0 Å². The lowest BCUT2D eigenvalue weighted by molar-refractivity contribution is -0.223. The van der Waals surface area contributed by atoms with Crippen LogP contribution in [0.3, 0.4) is 0 Å². The molecule has 0 amide bonds. The van der Waals surface area contributed by atoms with E-state index in [-0.39, 0.29) is 0 Å². The molecule has 1 unspecified atom stereocenters. The lowest BCUT2D eigenvalue weighted by Gasteiger charge is -2.19. The fourth-order valence-electron chi connectivity index (χ4n) is 0.321. The molecule has 15 heavy (non-hydrogen) atoms. The summed E-state index contributed by atoms with van der Waals surface area (Å²) >= 11 is 0. The van der Waals surface area contributed by atoms with Crippen LogP contribution in [0.4, 0.5) is 26.3 Å². The van der Waals surface area contributed by atoms with Crippen LogP contribution in [-0.4, -0.2) is 30.6 Å². The van der Waals surface area contributed by atoms with Gasteiger partial charge in [0.1, 0.15) is 0 Å². The average molecular weight is 260 g/mol. The molecule has 1 N–H and O–H groups in total. The summed E-state index contributed by atoms with van der Waals surface area (Å²) in [6.07, 6.45) is -11.0. The van der Waals surface area contributed by atoms with E-state index in [1.807, 2.05) is 0 Å². The molecule has 0 aliphatic heterocycles. The standard InChI is InChI=1S/C3H2F6O3S.N2/c4-1(2(5,6)7)3(8,9)13(10,11)12;1-2/h1H,(H,10,11,12);. The molecule has 0 fully saturated rings. The van der Waals surface area contributed by atoms with Gasteiger partial charge in [-0.2, -0.15) is 30.4 Å². The monoisotopic (exact) mass is 260 g/mol. The molecule has 12 heteroatoms. The van der Waals surface area contributed by atoms with Crippen molar-refractivity contribution in [2.45, 2.75) is 17.6 Å². The number of hydrogen-bond donors (Lipinski definition) is 1. The van der Waals surface area contributed by atoms with Crippen LogP contribution in [0.2, 0.25) is 0 Å². The quantitative estimate of drug-likeness (QED) is 0.459. The highest BCUT2D eigenvalue weighted by molar-refractivity contribution is 7.86. The SMILES string of the molecule is N#N.O=S(=O)(O)C(F)(F)C(F)C(F)(F)F. The number of halogens is 6. The Bertz CT molecular complexity index is 320. The van der Waals surface area contributed by atoms with Crippen molar-refractivity contribution >= 4 is 10.1 Å². The zero-order valence-electron chi connectivity index (χ0n) is 6.41. The number of rotatable bonds is 2. The van der Waals surface area contributed by atoms with Crippen molar-refractivity contribution in [1.82, 2.24) is 0 Å². The summed E-state index contributed by atoms with van der Waals surface area (Å²) in [5, 5.41) is 6.12. The van der Waals surface area contributed by atoms with Crippen molar-refractivity contribution < 1.29 is 39.3 Å². The van der Waals surface area contributed by atoms with Gasteiger partial charge in [-0.25, -0.2) is 4.39 Å². The number of alkyl halides is 6. The molecule has 0 aromatic heterocycles. The summed E-state index contributed by atoms with van der Waals surface area (Å²) in [5.41, 5.74) is 0. The van der Waals surface area contributed by atoms with Crippen LogP contribution in [0, 0.1) is 10.8 Å². The minimum absolute atomic E-state index is 4.95. The minimum atomic E-state index is -6.41. The lowest BCUT2D eigenvalue weighted by Crippen LogP contribution is -2.46.